The van der Waals surface area contributed by atoms with Crippen LogP contribution in [0.2, 0.25) is 0 Å². The van der Waals surface area contributed by atoms with Gasteiger partial charge in [0.25, 0.3) is 0 Å². The zero-order valence-electron chi connectivity index (χ0n) is 12.0. The third-order valence-electron chi connectivity index (χ3n) is 3.78. The van der Waals surface area contributed by atoms with Crippen LogP contribution in [0.4, 0.5) is 10.5 Å². The standard InChI is InChI=1S/C13H19N3O4S/c1-14(11-6-4-3-5-7-11)21(19,20)15(2)12-8-9-16(10-12)13(17)18/h3-7,12H,8-10H2,1-2H3,(H,17,18). The van der Waals surface area contributed by atoms with Crippen molar-refractivity contribution < 1.29 is 18.3 Å². The first-order chi connectivity index (χ1) is 9.84. The first-order valence-electron chi connectivity index (χ1n) is 6.59. The number of hydrogen-bond acceptors (Lipinski definition) is 3. The van der Waals surface area contributed by atoms with Gasteiger partial charge in [-0.2, -0.15) is 12.7 Å². The molecule has 1 aromatic carbocycles. The number of carboxylic acid groups (broad SMARTS) is 1. The number of likely N-dealkylation sites (tertiary alicyclic amines) is 1. The number of nitrogens with zero attached hydrogens (tertiary/aromatic N) is 3. The summed E-state index contributed by atoms with van der Waals surface area (Å²) < 4.78 is 27.6. The van der Waals surface area contributed by atoms with E-state index in [1.54, 1.807) is 24.3 Å². The van der Waals surface area contributed by atoms with E-state index in [4.69, 9.17) is 5.11 Å². The van der Waals surface area contributed by atoms with Gasteiger partial charge in [-0.15, -0.1) is 0 Å². The van der Waals surface area contributed by atoms with Gasteiger partial charge in [0.15, 0.2) is 0 Å². The van der Waals surface area contributed by atoms with Crippen molar-refractivity contribution in [2.75, 3.05) is 31.5 Å². The molecular weight excluding hydrogens is 294 g/mol. The van der Waals surface area contributed by atoms with Gasteiger partial charge in [-0.05, 0) is 18.6 Å². The molecule has 1 fully saturated rings. The number of amides is 1. The summed E-state index contributed by atoms with van der Waals surface area (Å²) in [6.07, 6.45) is -0.510. The van der Waals surface area contributed by atoms with Crippen LogP contribution < -0.4 is 4.31 Å². The number of benzene rings is 1. The van der Waals surface area contributed by atoms with E-state index in [9.17, 15) is 13.2 Å². The van der Waals surface area contributed by atoms with E-state index in [2.05, 4.69) is 0 Å². The van der Waals surface area contributed by atoms with Crippen molar-refractivity contribution in [2.45, 2.75) is 12.5 Å². The lowest BCUT2D eigenvalue weighted by Crippen LogP contribution is -2.46. The van der Waals surface area contributed by atoms with E-state index in [0.717, 1.165) is 0 Å². The van der Waals surface area contributed by atoms with Gasteiger partial charge >= 0.3 is 16.3 Å². The quantitative estimate of drug-likeness (QED) is 0.901. The van der Waals surface area contributed by atoms with E-state index >= 15 is 0 Å². The predicted molar refractivity (Wildman–Crippen MR) is 79.5 cm³/mol. The first-order valence-corrected chi connectivity index (χ1v) is 7.98. The molecule has 1 atom stereocenters. The van der Waals surface area contributed by atoms with Crippen LogP contribution in [0.5, 0.6) is 0 Å². The molecule has 1 aromatic rings. The van der Waals surface area contributed by atoms with E-state index in [-0.39, 0.29) is 12.6 Å². The zero-order chi connectivity index (χ0) is 15.6. The second kappa shape index (κ2) is 5.90. The molecule has 0 saturated carbocycles. The van der Waals surface area contributed by atoms with Gasteiger partial charge in [-0.1, -0.05) is 18.2 Å². The molecule has 0 spiro atoms. The lowest BCUT2D eigenvalue weighted by atomic mass is 10.3. The molecule has 2 rings (SSSR count). The molecule has 1 unspecified atom stereocenters. The minimum Gasteiger partial charge on any atom is -0.465 e. The monoisotopic (exact) mass is 313 g/mol. The molecule has 1 amide bonds. The Hall–Kier alpha value is -1.80. The predicted octanol–water partition coefficient (Wildman–Crippen LogP) is 1.05. The average molecular weight is 313 g/mol. The van der Waals surface area contributed by atoms with Crippen LogP contribution in [-0.4, -0.2) is 62.0 Å². The fourth-order valence-electron chi connectivity index (χ4n) is 2.37. The minimum atomic E-state index is -3.68. The SMILES string of the molecule is CN(c1ccccc1)S(=O)(=O)N(C)C1CCN(C(=O)O)C1. The van der Waals surface area contributed by atoms with Gasteiger partial charge in [0, 0.05) is 33.2 Å². The normalized spacial score (nSPS) is 19.0. The van der Waals surface area contributed by atoms with Gasteiger partial charge in [0.05, 0.1) is 5.69 Å². The summed E-state index contributed by atoms with van der Waals surface area (Å²) in [5.41, 5.74) is 0.567. The highest BCUT2D eigenvalue weighted by molar-refractivity contribution is 7.90. The Balaban J connectivity index is 2.14. The molecule has 0 bridgehead atoms. The lowest BCUT2D eigenvalue weighted by molar-refractivity contribution is 0.153. The molecule has 7 nitrogen and oxygen atoms in total. The molecule has 1 aliphatic rings. The summed E-state index contributed by atoms with van der Waals surface area (Å²) in [6, 6.07) is 8.44. The summed E-state index contributed by atoms with van der Waals surface area (Å²) in [6.45, 7) is 0.558. The zero-order valence-corrected chi connectivity index (χ0v) is 12.8. The van der Waals surface area contributed by atoms with Crippen molar-refractivity contribution in [3.05, 3.63) is 30.3 Å². The van der Waals surface area contributed by atoms with Crippen LogP contribution in [0.3, 0.4) is 0 Å². The van der Waals surface area contributed by atoms with Crippen LogP contribution in [-0.2, 0) is 10.2 Å². The summed E-state index contributed by atoms with van der Waals surface area (Å²) >= 11 is 0. The van der Waals surface area contributed by atoms with Crippen LogP contribution in [0.25, 0.3) is 0 Å². The van der Waals surface area contributed by atoms with E-state index < -0.39 is 16.3 Å². The highest BCUT2D eigenvalue weighted by Crippen LogP contribution is 2.22. The molecule has 0 aliphatic carbocycles. The summed E-state index contributed by atoms with van der Waals surface area (Å²) in [4.78, 5) is 12.2. The Bertz CT molecular complexity index is 605. The Kier molecular flexibility index (Phi) is 4.38. The second-order valence-electron chi connectivity index (χ2n) is 5.00. The molecule has 1 saturated heterocycles. The average Bonchev–Trinajstić information content (AvgIpc) is 2.96. The van der Waals surface area contributed by atoms with Gasteiger partial charge in [0.1, 0.15) is 0 Å². The van der Waals surface area contributed by atoms with Crippen LogP contribution >= 0.6 is 0 Å². The highest BCUT2D eigenvalue weighted by atomic mass is 32.2. The molecule has 8 heteroatoms. The van der Waals surface area contributed by atoms with Gasteiger partial charge < -0.3 is 10.0 Å². The summed E-state index contributed by atoms with van der Waals surface area (Å²) in [5, 5.41) is 8.95. The summed E-state index contributed by atoms with van der Waals surface area (Å²) in [5.74, 6) is 0. The second-order valence-corrected chi connectivity index (χ2v) is 7.02. The molecule has 1 N–H and O–H groups in total. The van der Waals surface area contributed by atoms with Crippen LogP contribution in [0.15, 0.2) is 30.3 Å². The molecule has 1 aliphatic heterocycles. The molecule has 116 valence electrons. The maximum absolute atomic E-state index is 12.6. The Morgan fingerprint density at radius 1 is 1.29 bits per heavy atom. The van der Waals surface area contributed by atoms with Gasteiger partial charge in [0.2, 0.25) is 0 Å². The number of carbonyl (C=O) groups is 1. The van der Waals surface area contributed by atoms with E-state index in [1.165, 1.54) is 27.6 Å². The molecule has 1 heterocycles. The summed E-state index contributed by atoms with van der Waals surface area (Å²) in [7, 11) is -0.696. The number of likely N-dealkylation sites (N-methyl/N-ethyl adjacent to an activating group) is 1. The van der Waals surface area contributed by atoms with Gasteiger partial charge in [-0.3, -0.25) is 4.31 Å². The van der Waals surface area contributed by atoms with Crippen molar-refractivity contribution in [2.24, 2.45) is 0 Å². The molecule has 0 aromatic heterocycles. The minimum absolute atomic E-state index is 0.202. The first kappa shape index (κ1) is 15.6. The van der Waals surface area contributed by atoms with Crippen LogP contribution in [0.1, 0.15) is 6.42 Å². The number of rotatable bonds is 4. The lowest BCUT2D eigenvalue weighted by Gasteiger charge is -2.29. The van der Waals surface area contributed by atoms with Crippen molar-refractivity contribution >= 4 is 22.0 Å². The van der Waals surface area contributed by atoms with E-state index in [0.29, 0.717) is 18.7 Å². The Morgan fingerprint density at radius 3 is 2.43 bits per heavy atom. The maximum Gasteiger partial charge on any atom is 0.407 e. The maximum atomic E-state index is 12.6. The largest absolute Gasteiger partial charge is 0.465 e. The fourth-order valence-corrected chi connectivity index (χ4v) is 3.69. The Morgan fingerprint density at radius 2 is 1.90 bits per heavy atom. The van der Waals surface area contributed by atoms with Crippen LogP contribution in [0, 0.1) is 0 Å². The third kappa shape index (κ3) is 3.11. The molecule has 21 heavy (non-hydrogen) atoms. The molecular formula is C13H19N3O4S. The topological polar surface area (TPSA) is 81.2 Å². The fraction of sp³-hybridized carbons (Fsp3) is 0.462. The molecule has 0 radical (unpaired) electrons. The Labute approximate surface area is 124 Å². The van der Waals surface area contributed by atoms with Crippen molar-refractivity contribution in [3.8, 4) is 0 Å². The van der Waals surface area contributed by atoms with Crippen molar-refractivity contribution in [1.82, 2.24) is 9.21 Å². The number of hydrogen-bond donors (Lipinski definition) is 1. The van der Waals surface area contributed by atoms with Gasteiger partial charge in [-0.25, -0.2) is 4.79 Å². The highest BCUT2D eigenvalue weighted by Gasteiger charge is 2.36. The third-order valence-corrected chi connectivity index (χ3v) is 5.71. The smallest absolute Gasteiger partial charge is 0.407 e. The number of anilines is 1. The van der Waals surface area contributed by atoms with Crippen molar-refractivity contribution in [3.63, 3.8) is 0 Å². The number of para-hydroxylation sites is 1. The van der Waals surface area contributed by atoms with Crippen molar-refractivity contribution in [1.29, 1.82) is 0 Å². The van der Waals surface area contributed by atoms with E-state index in [1.807, 2.05) is 6.07 Å².